The van der Waals surface area contributed by atoms with E-state index in [2.05, 4.69) is 0 Å². The summed E-state index contributed by atoms with van der Waals surface area (Å²) in [5, 5.41) is 19.2. The zero-order valence-corrected chi connectivity index (χ0v) is 11.8. The fourth-order valence-corrected chi connectivity index (χ4v) is 1.90. The minimum atomic E-state index is -1.08. The maximum Gasteiger partial charge on any atom is 0.257 e. The number of aromatic hydroxyl groups is 1. The Morgan fingerprint density at radius 3 is 2.53 bits per heavy atom. The van der Waals surface area contributed by atoms with Gasteiger partial charge in [0.1, 0.15) is 11.6 Å². The van der Waals surface area contributed by atoms with Crippen LogP contribution in [0.4, 0.5) is 4.39 Å². The van der Waals surface area contributed by atoms with Crippen molar-refractivity contribution in [3.63, 3.8) is 0 Å². The van der Waals surface area contributed by atoms with Crippen molar-refractivity contribution in [1.29, 1.82) is 0 Å². The number of amides is 1. The maximum atomic E-state index is 13.3. The van der Waals surface area contributed by atoms with Gasteiger partial charge in [-0.2, -0.15) is 0 Å². The van der Waals surface area contributed by atoms with E-state index in [1.807, 2.05) is 0 Å². The van der Waals surface area contributed by atoms with E-state index in [1.165, 1.54) is 4.90 Å². The van der Waals surface area contributed by atoms with E-state index in [1.54, 1.807) is 20.8 Å². The monoisotopic (exact) mass is 289 g/mol. The van der Waals surface area contributed by atoms with E-state index in [0.29, 0.717) is 6.54 Å². The summed E-state index contributed by atoms with van der Waals surface area (Å²) in [6.07, 6.45) is 0. The lowest BCUT2D eigenvalue weighted by atomic mass is 10.1. The number of likely N-dealkylation sites (N-methyl/N-ethyl adjacent to an activating group) is 1. The molecule has 0 radical (unpaired) electrons. The van der Waals surface area contributed by atoms with Crippen LogP contribution < -0.4 is 0 Å². The predicted molar refractivity (Wildman–Crippen MR) is 71.0 cm³/mol. The number of rotatable bonds is 4. The highest BCUT2D eigenvalue weighted by molar-refractivity contribution is 6.32. The molecule has 2 N–H and O–H groups in total. The van der Waals surface area contributed by atoms with Gasteiger partial charge in [0.15, 0.2) is 0 Å². The summed E-state index contributed by atoms with van der Waals surface area (Å²) in [5.41, 5.74) is -1.30. The summed E-state index contributed by atoms with van der Waals surface area (Å²) >= 11 is 5.63. The average Bonchev–Trinajstić information content (AvgIpc) is 2.28. The second-order valence-corrected chi connectivity index (χ2v) is 5.32. The first kappa shape index (κ1) is 15.7. The summed E-state index contributed by atoms with van der Waals surface area (Å²) in [5.74, 6) is -1.74. The number of hydrogen-bond acceptors (Lipinski definition) is 3. The Hall–Kier alpha value is -1.33. The fourth-order valence-electron chi connectivity index (χ4n) is 1.69. The van der Waals surface area contributed by atoms with Crippen molar-refractivity contribution in [2.45, 2.75) is 26.4 Å². The first-order chi connectivity index (χ1) is 8.65. The third kappa shape index (κ3) is 4.08. The van der Waals surface area contributed by atoms with E-state index in [-0.39, 0.29) is 17.1 Å². The molecule has 1 rings (SSSR count). The molecule has 0 atom stereocenters. The average molecular weight is 290 g/mol. The number of benzene rings is 1. The minimum Gasteiger partial charge on any atom is -0.506 e. The summed E-state index contributed by atoms with van der Waals surface area (Å²) in [6, 6.07) is 1.86. The highest BCUT2D eigenvalue weighted by atomic mass is 35.5. The number of phenolic OH excluding ortho intramolecular Hbond substituents is 1. The summed E-state index contributed by atoms with van der Waals surface area (Å²) < 4.78 is 13.3. The van der Waals surface area contributed by atoms with E-state index in [0.717, 1.165) is 12.1 Å². The molecule has 0 fully saturated rings. The summed E-state index contributed by atoms with van der Waals surface area (Å²) in [7, 11) is 0. The van der Waals surface area contributed by atoms with E-state index in [9.17, 15) is 19.4 Å². The molecule has 0 saturated carbocycles. The third-order valence-electron chi connectivity index (χ3n) is 2.51. The number of aliphatic hydroxyl groups is 1. The number of carbonyl (C=O) groups is 1. The smallest absolute Gasteiger partial charge is 0.257 e. The molecule has 0 heterocycles. The molecule has 0 aliphatic carbocycles. The van der Waals surface area contributed by atoms with Crippen molar-refractivity contribution in [3.05, 3.63) is 28.5 Å². The van der Waals surface area contributed by atoms with Crippen LogP contribution >= 0.6 is 11.6 Å². The first-order valence-electron chi connectivity index (χ1n) is 5.85. The largest absolute Gasteiger partial charge is 0.506 e. The van der Waals surface area contributed by atoms with Crippen LogP contribution in [0, 0.1) is 5.82 Å². The van der Waals surface area contributed by atoms with Gasteiger partial charge in [-0.1, -0.05) is 11.6 Å². The quantitative estimate of drug-likeness (QED) is 0.895. The lowest BCUT2D eigenvalue weighted by molar-refractivity contribution is 0.0313. The highest BCUT2D eigenvalue weighted by Gasteiger charge is 2.25. The van der Waals surface area contributed by atoms with Crippen LogP contribution in [0.5, 0.6) is 5.75 Å². The zero-order valence-electron chi connectivity index (χ0n) is 11.1. The van der Waals surface area contributed by atoms with Gasteiger partial charge in [-0.3, -0.25) is 4.79 Å². The Labute approximate surface area is 116 Å². The molecule has 0 saturated heterocycles. The molecule has 0 spiro atoms. The molecule has 0 bridgehead atoms. The van der Waals surface area contributed by atoms with Gasteiger partial charge in [0.25, 0.3) is 5.91 Å². The molecule has 4 nitrogen and oxygen atoms in total. The van der Waals surface area contributed by atoms with Gasteiger partial charge < -0.3 is 15.1 Å². The second-order valence-electron chi connectivity index (χ2n) is 4.92. The van der Waals surface area contributed by atoms with Crippen LogP contribution in [0.1, 0.15) is 31.1 Å². The second kappa shape index (κ2) is 5.75. The number of hydrogen-bond donors (Lipinski definition) is 2. The van der Waals surface area contributed by atoms with Gasteiger partial charge >= 0.3 is 0 Å². The molecule has 0 aliphatic heterocycles. The standard InChI is InChI=1S/C13H17ClFNO3/c1-4-16(7-13(2,3)19)12(18)9-5-8(15)6-10(14)11(9)17/h5-6,17,19H,4,7H2,1-3H3. The Morgan fingerprint density at radius 2 is 2.05 bits per heavy atom. The molecule has 1 amide bonds. The maximum absolute atomic E-state index is 13.3. The predicted octanol–water partition coefficient (Wildman–Crippen LogP) is 2.42. The van der Waals surface area contributed by atoms with Gasteiger partial charge in [-0.25, -0.2) is 4.39 Å². The molecule has 6 heteroatoms. The summed E-state index contributed by atoms with van der Waals surface area (Å²) in [6.45, 7) is 5.22. The van der Waals surface area contributed by atoms with Crippen LogP contribution in [-0.2, 0) is 0 Å². The number of nitrogens with zero attached hydrogens (tertiary/aromatic N) is 1. The van der Waals surface area contributed by atoms with Crippen molar-refractivity contribution >= 4 is 17.5 Å². The van der Waals surface area contributed by atoms with Crippen LogP contribution in [0.2, 0.25) is 5.02 Å². The van der Waals surface area contributed by atoms with Gasteiger partial charge in [0.05, 0.1) is 16.2 Å². The normalized spacial score (nSPS) is 11.5. The molecule has 19 heavy (non-hydrogen) atoms. The summed E-state index contributed by atoms with van der Waals surface area (Å²) in [4.78, 5) is 13.5. The number of phenols is 1. The van der Waals surface area contributed by atoms with Gasteiger partial charge in [-0.05, 0) is 32.9 Å². The molecule has 0 aromatic heterocycles. The SMILES string of the molecule is CCN(CC(C)(C)O)C(=O)c1cc(F)cc(Cl)c1O. The van der Waals surface area contributed by atoms with Crippen molar-refractivity contribution in [2.24, 2.45) is 0 Å². The zero-order chi connectivity index (χ0) is 14.8. The van der Waals surface area contributed by atoms with Crippen LogP contribution in [-0.4, -0.2) is 39.7 Å². The third-order valence-corrected chi connectivity index (χ3v) is 2.79. The molecule has 1 aromatic rings. The lowest BCUT2D eigenvalue weighted by Crippen LogP contribution is -2.42. The number of carbonyl (C=O) groups excluding carboxylic acids is 1. The van der Waals surface area contributed by atoms with Gasteiger partial charge in [0, 0.05) is 13.1 Å². The Balaban J connectivity index is 3.11. The molecule has 1 aromatic carbocycles. The van der Waals surface area contributed by atoms with E-state index >= 15 is 0 Å². The lowest BCUT2D eigenvalue weighted by Gasteiger charge is -2.28. The number of halogens is 2. The van der Waals surface area contributed by atoms with Crippen molar-refractivity contribution in [3.8, 4) is 5.75 Å². The Morgan fingerprint density at radius 1 is 1.47 bits per heavy atom. The van der Waals surface area contributed by atoms with Crippen LogP contribution in [0.25, 0.3) is 0 Å². The Kier molecular flexibility index (Phi) is 4.76. The van der Waals surface area contributed by atoms with Crippen LogP contribution in [0.15, 0.2) is 12.1 Å². The van der Waals surface area contributed by atoms with E-state index < -0.39 is 23.1 Å². The van der Waals surface area contributed by atoms with Crippen molar-refractivity contribution in [1.82, 2.24) is 4.90 Å². The molecule has 106 valence electrons. The molecule has 0 aliphatic rings. The van der Waals surface area contributed by atoms with Crippen molar-refractivity contribution < 1.29 is 19.4 Å². The topological polar surface area (TPSA) is 60.8 Å². The minimum absolute atomic E-state index is 0.0654. The van der Waals surface area contributed by atoms with Gasteiger partial charge in [0.2, 0.25) is 0 Å². The molecular formula is C13H17ClFNO3. The fraction of sp³-hybridized carbons (Fsp3) is 0.462. The Bertz CT molecular complexity index is 486. The van der Waals surface area contributed by atoms with Crippen molar-refractivity contribution in [2.75, 3.05) is 13.1 Å². The first-order valence-corrected chi connectivity index (χ1v) is 6.23. The highest BCUT2D eigenvalue weighted by Crippen LogP contribution is 2.29. The molecule has 0 unspecified atom stereocenters. The van der Waals surface area contributed by atoms with Gasteiger partial charge in [-0.15, -0.1) is 0 Å². The van der Waals surface area contributed by atoms with Crippen LogP contribution in [0.3, 0.4) is 0 Å². The van der Waals surface area contributed by atoms with E-state index in [4.69, 9.17) is 11.6 Å². The molecular weight excluding hydrogens is 273 g/mol.